The van der Waals surface area contributed by atoms with Gasteiger partial charge in [0.1, 0.15) is 36.3 Å². The second kappa shape index (κ2) is 23.9. The molecule has 12 N–H and O–H groups in total. The molecule has 21 nitrogen and oxygen atoms in total. The van der Waals surface area contributed by atoms with Crippen LogP contribution in [0.15, 0.2) is 65.7 Å². The Bertz CT molecular complexity index is 2040. The summed E-state index contributed by atoms with van der Waals surface area (Å²) in [6.45, 7) is -0.378. The number of hydrogen-bond donors (Lipinski definition) is 9. The third-order valence-electron chi connectivity index (χ3n) is 11.8. The highest BCUT2D eigenvalue weighted by molar-refractivity contribution is 5.97. The Morgan fingerprint density at radius 1 is 0.677 bits per heavy atom. The standard InChI is InChI=1S/C44H61N11O10/c45-29(15-7-19-48-44(46)47)40(61)55-22-10-18-35(55)42(63)54-21-8-16-33(54)38(59)49-25-36(57)50-30(23-27-11-3-1-4-12-27)37(58)52-32(26-56)41(62)53-20-9-17-34(53)39(60)51-31(43(64)65)24-28-13-5-2-6-14-28/h1-6,11-14,29-35,56H,7-10,15-26,45H2,(H,49,59)(H,50,57)(H,51,60)(H,52,58)(H,64,65)(H4,46,47,48)/t29-,30-,31-,32-,33-,34?,35-/m0/s1. The number of carboxylic acids is 1. The summed E-state index contributed by atoms with van der Waals surface area (Å²) in [6, 6.07) is 9.74. The minimum atomic E-state index is -1.52. The van der Waals surface area contributed by atoms with E-state index in [0.717, 1.165) is 0 Å². The number of aliphatic hydroxyl groups excluding tert-OH is 1. The molecule has 7 atom stereocenters. The van der Waals surface area contributed by atoms with Crippen molar-refractivity contribution in [2.75, 3.05) is 39.3 Å². The van der Waals surface area contributed by atoms with E-state index in [2.05, 4.69) is 26.3 Å². The van der Waals surface area contributed by atoms with Gasteiger partial charge in [0.25, 0.3) is 0 Å². The zero-order chi connectivity index (χ0) is 47.0. The molecule has 3 saturated heterocycles. The number of nitrogens with two attached hydrogens (primary N) is 3. The fourth-order valence-electron chi connectivity index (χ4n) is 8.51. The molecule has 0 aliphatic carbocycles. The van der Waals surface area contributed by atoms with Crippen molar-refractivity contribution in [2.45, 2.75) is 107 Å². The number of guanidine groups is 1. The molecule has 3 fully saturated rings. The van der Waals surface area contributed by atoms with Crippen LogP contribution in [-0.2, 0) is 51.2 Å². The lowest BCUT2D eigenvalue weighted by Crippen LogP contribution is -2.59. The van der Waals surface area contributed by atoms with Gasteiger partial charge >= 0.3 is 5.97 Å². The molecule has 0 radical (unpaired) electrons. The van der Waals surface area contributed by atoms with Gasteiger partial charge in [0.2, 0.25) is 41.4 Å². The molecule has 3 aliphatic rings. The lowest BCUT2D eigenvalue weighted by molar-refractivity contribution is -0.147. The molecule has 0 aromatic heterocycles. The van der Waals surface area contributed by atoms with Crippen molar-refractivity contribution < 1.29 is 48.6 Å². The van der Waals surface area contributed by atoms with E-state index < -0.39 is 90.9 Å². The van der Waals surface area contributed by atoms with Gasteiger partial charge in [-0.1, -0.05) is 60.7 Å². The number of aliphatic hydroxyl groups is 1. The Kier molecular flexibility index (Phi) is 18.2. The SMILES string of the molecule is NC(N)=NCCC[C@H](N)C(=O)N1CCC[C@H]1C(=O)N1CCC[C@H]1C(=O)NCC(=O)N[C@@H](Cc1ccccc1)C(=O)N[C@@H](CO)C(=O)N1CCCC1C(=O)N[C@@H](Cc1ccccc1)C(=O)O. The first kappa shape index (κ1) is 49.4. The monoisotopic (exact) mass is 903 g/mol. The van der Waals surface area contributed by atoms with Gasteiger partial charge in [-0.25, -0.2) is 4.79 Å². The number of aliphatic carboxylic acids is 1. The van der Waals surface area contributed by atoms with Crippen molar-refractivity contribution >= 4 is 53.3 Å². The van der Waals surface area contributed by atoms with E-state index in [1.807, 2.05) is 0 Å². The van der Waals surface area contributed by atoms with Crippen molar-refractivity contribution in [3.8, 4) is 0 Å². The molecular weight excluding hydrogens is 843 g/mol. The number of nitrogens with one attached hydrogen (secondary N) is 4. The van der Waals surface area contributed by atoms with Crippen LogP contribution in [0, 0.1) is 0 Å². The van der Waals surface area contributed by atoms with Gasteiger partial charge in [-0.15, -0.1) is 0 Å². The van der Waals surface area contributed by atoms with E-state index in [0.29, 0.717) is 69.2 Å². The number of likely N-dealkylation sites (tertiary alicyclic amines) is 3. The lowest BCUT2D eigenvalue weighted by atomic mass is 10.0. The molecule has 65 heavy (non-hydrogen) atoms. The highest BCUT2D eigenvalue weighted by Gasteiger charge is 2.43. The van der Waals surface area contributed by atoms with Gasteiger partial charge < -0.3 is 63.4 Å². The van der Waals surface area contributed by atoms with Crippen LogP contribution >= 0.6 is 0 Å². The Morgan fingerprint density at radius 3 is 1.78 bits per heavy atom. The van der Waals surface area contributed by atoms with E-state index in [9.17, 15) is 48.6 Å². The van der Waals surface area contributed by atoms with Crippen LogP contribution in [0.5, 0.6) is 0 Å². The van der Waals surface area contributed by atoms with Gasteiger partial charge in [0, 0.05) is 39.0 Å². The first-order valence-electron chi connectivity index (χ1n) is 22.0. The maximum atomic E-state index is 13.8. The predicted octanol–water partition coefficient (Wildman–Crippen LogP) is -2.53. The number of aliphatic imine (C=N–C) groups is 1. The molecule has 21 heteroatoms. The van der Waals surface area contributed by atoms with E-state index in [4.69, 9.17) is 17.2 Å². The summed E-state index contributed by atoms with van der Waals surface area (Å²) >= 11 is 0. The third kappa shape index (κ3) is 13.7. The van der Waals surface area contributed by atoms with Crippen molar-refractivity contribution in [3.05, 3.63) is 71.8 Å². The van der Waals surface area contributed by atoms with Gasteiger partial charge in [-0.3, -0.25) is 38.6 Å². The van der Waals surface area contributed by atoms with Crippen LogP contribution in [0.2, 0.25) is 0 Å². The van der Waals surface area contributed by atoms with Crippen molar-refractivity contribution in [1.29, 1.82) is 0 Å². The van der Waals surface area contributed by atoms with Crippen molar-refractivity contribution in [3.63, 3.8) is 0 Å². The Hall–Kier alpha value is -6.61. The Labute approximate surface area is 376 Å². The maximum Gasteiger partial charge on any atom is 0.326 e. The second-order valence-corrected chi connectivity index (χ2v) is 16.5. The van der Waals surface area contributed by atoms with Crippen LogP contribution in [-0.4, -0.2) is 160 Å². The van der Waals surface area contributed by atoms with Crippen LogP contribution in [0.25, 0.3) is 0 Å². The summed E-state index contributed by atoms with van der Waals surface area (Å²) < 4.78 is 0. The molecule has 5 rings (SSSR count). The quantitative estimate of drug-likeness (QED) is 0.0355. The molecule has 3 heterocycles. The Morgan fingerprint density at radius 2 is 1.22 bits per heavy atom. The fourth-order valence-corrected chi connectivity index (χ4v) is 8.51. The topological polar surface area (TPSA) is 325 Å². The molecular formula is C44H61N11O10. The number of amides is 7. The van der Waals surface area contributed by atoms with E-state index in [1.54, 1.807) is 60.7 Å². The zero-order valence-electron chi connectivity index (χ0n) is 36.3. The smallest absolute Gasteiger partial charge is 0.326 e. The number of carbonyl (C=O) groups excluding carboxylic acids is 7. The van der Waals surface area contributed by atoms with Crippen LogP contribution < -0.4 is 38.5 Å². The predicted molar refractivity (Wildman–Crippen MR) is 236 cm³/mol. The molecule has 2 aromatic carbocycles. The summed E-state index contributed by atoms with van der Waals surface area (Å²) in [5.41, 5.74) is 18.2. The summed E-state index contributed by atoms with van der Waals surface area (Å²) in [5, 5.41) is 30.4. The Balaban J connectivity index is 1.18. The molecule has 0 spiro atoms. The number of rotatable bonds is 21. The lowest BCUT2D eigenvalue weighted by Gasteiger charge is -2.32. The van der Waals surface area contributed by atoms with Crippen LogP contribution in [0.4, 0.5) is 0 Å². The van der Waals surface area contributed by atoms with Gasteiger partial charge in [-0.2, -0.15) is 0 Å². The molecule has 0 saturated carbocycles. The third-order valence-corrected chi connectivity index (χ3v) is 11.8. The molecule has 1 unspecified atom stereocenters. The summed E-state index contributed by atoms with van der Waals surface area (Å²) in [4.78, 5) is 115. The van der Waals surface area contributed by atoms with Gasteiger partial charge in [0.05, 0.1) is 19.2 Å². The van der Waals surface area contributed by atoms with Crippen molar-refractivity contribution in [2.24, 2.45) is 22.2 Å². The average Bonchev–Trinajstić information content (AvgIpc) is 4.11. The first-order chi connectivity index (χ1) is 31.2. The number of benzene rings is 2. The molecule has 7 amide bonds. The second-order valence-electron chi connectivity index (χ2n) is 16.5. The summed E-state index contributed by atoms with van der Waals surface area (Å²) in [6.07, 6.45) is 3.23. The zero-order valence-corrected chi connectivity index (χ0v) is 36.3. The summed E-state index contributed by atoms with van der Waals surface area (Å²) in [5.74, 6) is -5.70. The van der Waals surface area contributed by atoms with E-state index >= 15 is 0 Å². The maximum absolute atomic E-state index is 13.8. The largest absolute Gasteiger partial charge is 0.480 e. The van der Waals surface area contributed by atoms with Crippen LogP contribution in [0.1, 0.15) is 62.5 Å². The number of carbonyl (C=O) groups is 8. The minimum Gasteiger partial charge on any atom is -0.480 e. The van der Waals surface area contributed by atoms with Gasteiger partial charge in [0.15, 0.2) is 5.96 Å². The number of hydrogen-bond acceptors (Lipinski definition) is 11. The van der Waals surface area contributed by atoms with E-state index in [-0.39, 0.29) is 50.1 Å². The number of nitrogens with zero attached hydrogens (tertiary/aromatic N) is 4. The van der Waals surface area contributed by atoms with Crippen LogP contribution in [0.3, 0.4) is 0 Å². The molecule has 0 bridgehead atoms. The fraction of sp³-hybridized carbons (Fsp3) is 0.523. The first-order valence-corrected chi connectivity index (χ1v) is 22.0. The normalized spacial score (nSPS) is 19.9. The minimum absolute atomic E-state index is 0.0128. The average molecular weight is 904 g/mol. The number of carboxylic acid groups (broad SMARTS) is 1. The van der Waals surface area contributed by atoms with E-state index in [1.165, 1.54) is 14.7 Å². The van der Waals surface area contributed by atoms with Gasteiger partial charge in [-0.05, 0) is 62.5 Å². The molecule has 352 valence electrons. The molecule has 2 aromatic rings. The highest BCUT2D eigenvalue weighted by Crippen LogP contribution is 2.26. The van der Waals surface area contributed by atoms with Crippen molar-refractivity contribution in [1.82, 2.24) is 36.0 Å². The highest BCUT2D eigenvalue weighted by atomic mass is 16.4. The summed E-state index contributed by atoms with van der Waals surface area (Å²) in [7, 11) is 0. The molecule has 3 aliphatic heterocycles.